The van der Waals surface area contributed by atoms with Crippen molar-refractivity contribution in [2.24, 2.45) is 0 Å². The molecule has 0 radical (unpaired) electrons. The summed E-state index contributed by atoms with van der Waals surface area (Å²) in [4.78, 5) is 0.271. The van der Waals surface area contributed by atoms with Crippen molar-refractivity contribution in [2.45, 2.75) is 37.8 Å². The minimum Gasteiger partial charge on any atom is -0.380 e. The molecule has 0 heterocycles. The van der Waals surface area contributed by atoms with E-state index in [4.69, 9.17) is 4.74 Å². The van der Waals surface area contributed by atoms with E-state index >= 15 is 0 Å². The number of ether oxygens (including phenoxy) is 1. The summed E-state index contributed by atoms with van der Waals surface area (Å²) in [5.41, 5.74) is 1.05. The zero-order valence-electron chi connectivity index (χ0n) is 12.5. The van der Waals surface area contributed by atoms with Gasteiger partial charge >= 0.3 is 0 Å². The first-order chi connectivity index (χ1) is 9.40. The van der Waals surface area contributed by atoms with Crippen molar-refractivity contribution in [3.05, 3.63) is 29.8 Å². The summed E-state index contributed by atoms with van der Waals surface area (Å²) in [5, 5.41) is 3.11. The van der Waals surface area contributed by atoms with Gasteiger partial charge in [0.1, 0.15) is 0 Å². The summed E-state index contributed by atoms with van der Waals surface area (Å²) < 4.78 is 32.2. The Hall–Kier alpha value is -0.950. The second-order valence-corrected chi connectivity index (χ2v) is 6.48. The van der Waals surface area contributed by atoms with Crippen LogP contribution in [-0.4, -0.2) is 34.7 Å². The van der Waals surface area contributed by atoms with Gasteiger partial charge in [-0.2, -0.15) is 0 Å². The molecule has 0 aromatic heterocycles. The Labute approximate surface area is 121 Å². The van der Waals surface area contributed by atoms with Crippen LogP contribution in [0.25, 0.3) is 0 Å². The van der Waals surface area contributed by atoms with E-state index in [-0.39, 0.29) is 17.0 Å². The molecule has 0 aliphatic heterocycles. The summed E-state index contributed by atoms with van der Waals surface area (Å²) in [6, 6.07) is 6.83. The van der Waals surface area contributed by atoms with Crippen LogP contribution in [0.5, 0.6) is 0 Å². The molecular weight excluding hydrogens is 276 g/mol. The predicted molar refractivity (Wildman–Crippen MR) is 80.2 cm³/mol. The van der Waals surface area contributed by atoms with Gasteiger partial charge in [0.05, 0.1) is 11.5 Å². The first-order valence-corrected chi connectivity index (χ1v) is 8.26. The maximum Gasteiger partial charge on any atom is 0.240 e. The van der Waals surface area contributed by atoms with Crippen molar-refractivity contribution in [3.8, 4) is 0 Å². The molecule has 0 bridgehead atoms. The number of nitrogens with one attached hydrogen (secondary N) is 2. The Morgan fingerprint density at radius 3 is 2.30 bits per heavy atom. The lowest BCUT2D eigenvalue weighted by atomic mass is 10.1. The van der Waals surface area contributed by atoms with E-state index in [2.05, 4.69) is 10.0 Å². The van der Waals surface area contributed by atoms with Gasteiger partial charge in [-0.3, -0.25) is 0 Å². The van der Waals surface area contributed by atoms with Crippen molar-refractivity contribution < 1.29 is 13.2 Å². The zero-order valence-corrected chi connectivity index (χ0v) is 13.3. The minimum absolute atomic E-state index is 0.191. The van der Waals surface area contributed by atoms with Gasteiger partial charge in [0.15, 0.2) is 0 Å². The van der Waals surface area contributed by atoms with Gasteiger partial charge in [0.2, 0.25) is 10.0 Å². The number of benzene rings is 1. The van der Waals surface area contributed by atoms with Crippen LogP contribution in [0.4, 0.5) is 0 Å². The Kier molecular flexibility index (Phi) is 6.61. The molecule has 0 aliphatic carbocycles. The molecule has 0 fully saturated rings. The molecule has 0 aliphatic rings. The van der Waals surface area contributed by atoms with Crippen molar-refractivity contribution >= 4 is 10.0 Å². The van der Waals surface area contributed by atoms with Crippen LogP contribution in [0, 0.1) is 0 Å². The number of sulfonamides is 1. The molecular formula is C14H24N2O3S. The fourth-order valence-electron chi connectivity index (χ4n) is 1.76. The molecule has 1 aromatic rings. The SMILES string of the molecule is CCOCC(C)NS(=O)(=O)c1ccc(C(C)NC)cc1. The molecule has 2 atom stereocenters. The van der Waals surface area contributed by atoms with Gasteiger partial charge in [0.25, 0.3) is 0 Å². The molecule has 6 heteroatoms. The van der Waals surface area contributed by atoms with Crippen LogP contribution in [-0.2, 0) is 14.8 Å². The van der Waals surface area contributed by atoms with Crippen LogP contribution in [0.1, 0.15) is 32.4 Å². The highest BCUT2D eigenvalue weighted by Gasteiger charge is 2.17. The lowest BCUT2D eigenvalue weighted by Crippen LogP contribution is -2.35. The molecule has 0 spiro atoms. The third-order valence-corrected chi connectivity index (χ3v) is 4.66. The smallest absolute Gasteiger partial charge is 0.240 e. The Balaban J connectivity index is 2.77. The molecule has 1 aromatic carbocycles. The first-order valence-electron chi connectivity index (χ1n) is 6.78. The second-order valence-electron chi connectivity index (χ2n) is 4.76. The quantitative estimate of drug-likeness (QED) is 0.766. The number of hydrogen-bond donors (Lipinski definition) is 2. The van der Waals surface area contributed by atoms with Crippen molar-refractivity contribution in [2.75, 3.05) is 20.3 Å². The molecule has 20 heavy (non-hydrogen) atoms. The van der Waals surface area contributed by atoms with Crippen molar-refractivity contribution in [3.63, 3.8) is 0 Å². The second kappa shape index (κ2) is 7.73. The molecule has 1 rings (SSSR count). The fraction of sp³-hybridized carbons (Fsp3) is 0.571. The first kappa shape index (κ1) is 17.1. The summed E-state index contributed by atoms with van der Waals surface area (Å²) >= 11 is 0. The van der Waals surface area contributed by atoms with Gasteiger partial charge in [0, 0.05) is 18.7 Å². The summed E-state index contributed by atoms with van der Waals surface area (Å²) in [7, 11) is -1.62. The van der Waals surface area contributed by atoms with E-state index in [9.17, 15) is 8.42 Å². The average molecular weight is 300 g/mol. The fourth-order valence-corrected chi connectivity index (χ4v) is 2.99. The van der Waals surface area contributed by atoms with Gasteiger partial charge < -0.3 is 10.1 Å². The maximum absolute atomic E-state index is 12.2. The topological polar surface area (TPSA) is 67.4 Å². The van der Waals surface area contributed by atoms with Gasteiger partial charge in [-0.15, -0.1) is 0 Å². The predicted octanol–water partition coefficient (Wildman–Crippen LogP) is 1.67. The van der Waals surface area contributed by atoms with E-state index in [1.165, 1.54) is 0 Å². The summed E-state index contributed by atoms with van der Waals surface area (Å²) in [6.45, 7) is 6.62. The lowest BCUT2D eigenvalue weighted by molar-refractivity contribution is 0.133. The van der Waals surface area contributed by atoms with E-state index in [0.29, 0.717) is 13.2 Å². The van der Waals surface area contributed by atoms with Crippen LogP contribution < -0.4 is 10.0 Å². The number of hydrogen-bond acceptors (Lipinski definition) is 4. The molecule has 0 saturated carbocycles. The number of rotatable bonds is 8. The highest BCUT2D eigenvalue weighted by molar-refractivity contribution is 7.89. The maximum atomic E-state index is 12.2. The van der Waals surface area contributed by atoms with Crippen LogP contribution in [0.2, 0.25) is 0 Å². The van der Waals surface area contributed by atoms with Crippen LogP contribution >= 0.6 is 0 Å². The molecule has 0 saturated heterocycles. The summed E-state index contributed by atoms with van der Waals surface area (Å²) in [6.07, 6.45) is 0. The minimum atomic E-state index is -3.49. The van der Waals surface area contributed by atoms with Crippen molar-refractivity contribution in [1.82, 2.24) is 10.0 Å². The van der Waals surface area contributed by atoms with E-state index in [0.717, 1.165) is 5.56 Å². The largest absolute Gasteiger partial charge is 0.380 e. The standard InChI is InChI=1S/C14H24N2O3S/c1-5-19-10-11(2)16-20(17,18)14-8-6-13(7-9-14)12(3)15-4/h6-9,11-12,15-16H,5,10H2,1-4H3. The van der Waals surface area contributed by atoms with Gasteiger partial charge in [-0.25, -0.2) is 13.1 Å². The highest BCUT2D eigenvalue weighted by atomic mass is 32.2. The third kappa shape index (κ3) is 4.86. The molecule has 2 N–H and O–H groups in total. The lowest BCUT2D eigenvalue weighted by Gasteiger charge is -2.15. The Morgan fingerprint density at radius 1 is 1.20 bits per heavy atom. The van der Waals surface area contributed by atoms with E-state index in [1.54, 1.807) is 19.1 Å². The monoisotopic (exact) mass is 300 g/mol. The molecule has 5 nitrogen and oxygen atoms in total. The van der Waals surface area contributed by atoms with E-state index < -0.39 is 10.0 Å². The highest BCUT2D eigenvalue weighted by Crippen LogP contribution is 2.16. The average Bonchev–Trinajstić information content (AvgIpc) is 2.44. The van der Waals surface area contributed by atoms with E-state index in [1.807, 2.05) is 33.0 Å². The Morgan fingerprint density at radius 2 is 1.80 bits per heavy atom. The van der Waals surface area contributed by atoms with Crippen LogP contribution in [0.15, 0.2) is 29.2 Å². The normalized spacial score (nSPS) is 15.0. The molecule has 0 amide bonds. The summed E-state index contributed by atoms with van der Waals surface area (Å²) in [5.74, 6) is 0. The Bertz CT molecular complexity index is 500. The zero-order chi connectivity index (χ0) is 15.2. The van der Waals surface area contributed by atoms with Gasteiger partial charge in [-0.05, 0) is 45.5 Å². The molecule has 114 valence electrons. The van der Waals surface area contributed by atoms with Gasteiger partial charge in [-0.1, -0.05) is 12.1 Å². The third-order valence-electron chi connectivity index (χ3n) is 3.05. The van der Waals surface area contributed by atoms with Crippen molar-refractivity contribution in [1.29, 1.82) is 0 Å². The van der Waals surface area contributed by atoms with Crippen LogP contribution in [0.3, 0.4) is 0 Å². The molecule has 2 unspecified atom stereocenters.